The van der Waals surface area contributed by atoms with Crippen molar-refractivity contribution in [2.75, 3.05) is 18.4 Å². The van der Waals surface area contributed by atoms with E-state index >= 15 is 0 Å². The zero-order valence-electron chi connectivity index (χ0n) is 13.8. The topological polar surface area (TPSA) is 44.0 Å². The van der Waals surface area contributed by atoms with E-state index in [4.69, 9.17) is 0 Å². The van der Waals surface area contributed by atoms with Crippen LogP contribution in [0.3, 0.4) is 0 Å². The number of nitrogens with one attached hydrogen (secondary N) is 2. The zero-order valence-corrected chi connectivity index (χ0v) is 13.8. The number of piperidine rings is 1. The molecule has 0 unspecified atom stereocenters. The number of halogens is 2. The Labute approximate surface area is 144 Å². The third kappa shape index (κ3) is 3.64. The average Bonchev–Trinajstić information content (AvgIpc) is 3.06. The Morgan fingerprint density at radius 3 is 2.96 bits per heavy atom. The smallest absolute Gasteiger partial charge is 0.159 e. The van der Waals surface area contributed by atoms with Crippen LogP contribution in [-0.2, 0) is 6.54 Å². The van der Waals surface area contributed by atoms with E-state index in [-0.39, 0.29) is 0 Å². The number of likely N-dealkylation sites (tertiary alicyclic amines) is 1. The number of nitrogens with zero attached hydrogens (tertiary/aromatic N) is 2. The molecule has 4 nitrogen and oxygen atoms in total. The molecule has 25 heavy (non-hydrogen) atoms. The molecule has 0 spiro atoms. The summed E-state index contributed by atoms with van der Waals surface area (Å²) in [6.07, 6.45) is 3.99. The minimum Gasteiger partial charge on any atom is -0.381 e. The summed E-state index contributed by atoms with van der Waals surface area (Å²) in [5.41, 5.74) is 2.90. The summed E-state index contributed by atoms with van der Waals surface area (Å²) >= 11 is 0. The number of aromatic nitrogens is 2. The minimum atomic E-state index is -0.795. The van der Waals surface area contributed by atoms with Crippen molar-refractivity contribution in [1.82, 2.24) is 15.1 Å². The number of benzene rings is 2. The van der Waals surface area contributed by atoms with Crippen molar-refractivity contribution in [2.45, 2.75) is 25.4 Å². The normalized spacial score (nSPS) is 18.6. The van der Waals surface area contributed by atoms with Crippen LogP contribution in [0.4, 0.5) is 14.5 Å². The van der Waals surface area contributed by atoms with Crippen LogP contribution in [0.1, 0.15) is 18.4 Å². The molecule has 3 aromatic rings. The largest absolute Gasteiger partial charge is 0.381 e. The molecule has 1 aliphatic rings. The van der Waals surface area contributed by atoms with Crippen molar-refractivity contribution in [3.05, 3.63) is 59.8 Å². The van der Waals surface area contributed by atoms with E-state index in [1.54, 1.807) is 6.07 Å². The first kappa shape index (κ1) is 16.0. The molecule has 2 N–H and O–H groups in total. The zero-order chi connectivity index (χ0) is 17.2. The van der Waals surface area contributed by atoms with Crippen molar-refractivity contribution < 1.29 is 8.78 Å². The molecule has 1 aromatic heterocycles. The Morgan fingerprint density at radius 1 is 1.16 bits per heavy atom. The molecule has 1 atom stereocenters. The van der Waals surface area contributed by atoms with Gasteiger partial charge in [0, 0.05) is 30.2 Å². The van der Waals surface area contributed by atoms with Crippen molar-refractivity contribution in [3.8, 4) is 0 Å². The maximum absolute atomic E-state index is 13.4. The summed E-state index contributed by atoms with van der Waals surface area (Å²) < 4.78 is 26.4. The summed E-state index contributed by atoms with van der Waals surface area (Å²) in [7, 11) is 0. The van der Waals surface area contributed by atoms with E-state index in [1.165, 1.54) is 12.1 Å². The average molecular weight is 342 g/mol. The quantitative estimate of drug-likeness (QED) is 0.755. The van der Waals surface area contributed by atoms with E-state index in [9.17, 15) is 8.78 Å². The number of anilines is 1. The predicted octanol–water partition coefficient (Wildman–Crippen LogP) is 3.92. The van der Waals surface area contributed by atoms with Crippen LogP contribution in [0.15, 0.2) is 42.6 Å². The summed E-state index contributed by atoms with van der Waals surface area (Å²) in [6.45, 7) is 2.48. The molecule has 0 radical (unpaired) electrons. The molecule has 1 fully saturated rings. The second-order valence-corrected chi connectivity index (χ2v) is 6.64. The highest BCUT2D eigenvalue weighted by Gasteiger charge is 2.20. The van der Waals surface area contributed by atoms with Crippen LogP contribution in [0.25, 0.3) is 10.9 Å². The van der Waals surface area contributed by atoms with Crippen LogP contribution in [0.5, 0.6) is 0 Å². The van der Waals surface area contributed by atoms with Gasteiger partial charge < -0.3 is 5.32 Å². The second-order valence-electron chi connectivity index (χ2n) is 6.64. The first-order valence-electron chi connectivity index (χ1n) is 8.53. The Bertz CT molecular complexity index is 877. The maximum Gasteiger partial charge on any atom is 0.159 e. The molecule has 4 rings (SSSR count). The minimum absolute atomic E-state index is 0.336. The van der Waals surface area contributed by atoms with Crippen molar-refractivity contribution >= 4 is 16.6 Å². The molecule has 6 heteroatoms. The molecule has 2 heterocycles. The lowest BCUT2D eigenvalue weighted by atomic mass is 10.0. The van der Waals surface area contributed by atoms with Crippen molar-refractivity contribution in [3.63, 3.8) is 0 Å². The number of H-pyrrole nitrogens is 1. The summed E-state index contributed by atoms with van der Waals surface area (Å²) in [6, 6.07) is 10.6. The fraction of sp³-hybridized carbons (Fsp3) is 0.316. The summed E-state index contributed by atoms with van der Waals surface area (Å²) in [4.78, 5) is 2.28. The van der Waals surface area contributed by atoms with Crippen molar-refractivity contribution in [1.29, 1.82) is 0 Å². The third-order valence-corrected chi connectivity index (χ3v) is 4.71. The lowest BCUT2D eigenvalue weighted by Crippen LogP contribution is -2.41. The Hall–Kier alpha value is -2.47. The van der Waals surface area contributed by atoms with Gasteiger partial charge in [-0.1, -0.05) is 6.07 Å². The molecular weight excluding hydrogens is 322 g/mol. The molecule has 0 saturated carbocycles. The van der Waals surface area contributed by atoms with Crippen LogP contribution in [0.2, 0.25) is 0 Å². The summed E-state index contributed by atoms with van der Waals surface area (Å²) in [5, 5.41) is 11.7. The SMILES string of the molecule is Fc1ccc(CN2CCC[C@H](Nc3ccc4[nH]ncc4c3)C2)cc1F. The van der Waals surface area contributed by atoms with Gasteiger partial charge in [0.05, 0.1) is 11.7 Å². The van der Waals surface area contributed by atoms with Gasteiger partial charge in [0.25, 0.3) is 0 Å². The number of rotatable bonds is 4. The highest BCUT2D eigenvalue weighted by molar-refractivity contribution is 5.81. The predicted molar refractivity (Wildman–Crippen MR) is 94.4 cm³/mol. The van der Waals surface area contributed by atoms with Gasteiger partial charge in [-0.2, -0.15) is 5.10 Å². The van der Waals surface area contributed by atoms with E-state index in [1.807, 2.05) is 12.3 Å². The Morgan fingerprint density at radius 2 is 2.08 bits per heavy atom. The molecule has 0 amide bonds. The monoisotopic (exact) mass is 342 g/mol. The number of aromatic amines is 1. The van der Waals surface area contributed by atoms with Crippen LogP contribution >= 0.6 is 0 Å². The van der Waals surface area contributed by atoms with Gasteiger partial charge in [-0.05, 0) is 55.3 Å². The molecule has 2 aromatic carbocycles. The van der Waals surface area contributed by atoms with E-state index < -0.39 is 11.6 Å². The fourth-order valence-electron chi connectivity index (χ4n) is 3.48. The highest BCUT2D eigenvalue weighted by atomic mass is 19.2. The summed E-state index contributed by atoms with van der Waals surface area (Å²) in [5.74, 6) is -1.57. The van der Waals surface area contributed by atoms with Gasteiger partial charge in [-0.3, -0.25) is 10.00 Å². The second kappa shape index (κ2) is 6.80. The molecule has 130 valence electrons. The maximum atomic E-state index is 13.4. The lowest BCUT2D eigenvalue weighted by Gasteiger charge is -2.33. The lowest BCUT2D eigenvalue weighted by molar-refractivity contribution is 0.208. The fourth-order valence-corrected chi connectivity index (χ4v) is 3.48. The van der Waals surface area contributed by atoms with Crippen LogP contribution < -0.4 is 5.32 Å². The van der Waals surface area contributed by atoms with E-state index in [2.05, 4.69) is 32.5 Å². The number of hydrogen-bond donors (Lipinski definition) is 2. The Kier molecular flexibility index (Phi) is 4.36. The Balaban J connectivity index is 1.40. The van der Waals surface area contributed by atoms with Crippen LogP contribution in [0, 0.1) is 11.6 Å². The number of hydrogen-bond acceptors (Lipinski definition) is 3. The van der Waals surface area contributed by atoms with E-state index in [0.717, 1.165) is 48.1 Å². The molecule has 1 aliphatic heterocycles. The van der Waals surface area contributed by atoms with Gasteiger partial charge in [-0.15, -0.1) is 0 Å². The van der Waals surface area contributed by atoms with Gasteiger partial charge in [0.1, 0.15) is 0 Å². The van der Waals surface area contributed by atoms with Gasteiger partial charge in [-0.25, -0.2) is 8.78 Å². The van der Waals surface area contributed by atoms with E-state index in [0.29, 0.717) is 12.6 Å². The first-order valence-corrected chi connectivity index (χ1v) is 8.53. The van der Waals surface area contributed by atoms with Crippen molar-refractivity contribution in [2.24, 2.45) is 0 Å². The number of fused-ring (bicyclic) bond motifs is 1. The van der Waals surface area contributed by atoms with Gasteiger partial charge in [0.15, 0.2) is 11.6 Å². The standard InChI is InChI=1S/C19H20F2N4/c20-17-5-3-13(8-18(17)21)11-25-7-1-2-16(12-25)23-15-4-6-19-14(9-15)10-22-24-19/h3-6,8-10,16,23H,1-2,7,11-12H2,(H,22,24)/t16-/m0/s1. The van der Waals surface area contributed by atoms with Crippen LogP contribution in [-0.4, -0.2) is 34.2 Å². The molecule has 1 saturated heterocycles. The highest BCUT2D eigenvalue weighted by Crippen LogP contribution is 2.21. The molecule has 0 aliphatic carbocycles. The first-order chi connectivity index (χ1) is 12.2. The molecule has 0 bridgehead atoms. The third-order valence-electron chi connectivity index (χ3n) is 4.71. The van der Waals surface area contributed by atoms with Gasteiger partial charge >= 0.3 is 0 Å². The molecular formula is C19H20F2N4. The van der Waals surface area contributed by atoms with Gasteiger partial charge in [0.2, 0.25) is 0 Å².